The van der Waals surface area contributed by atoms with Crippen molar-refractivity contribution in [2.45, 2.75) is 6.92 Å². The average Bonchev–Trinajstić information content (AvgIpc) is 2.28. The van der Waals surface area contributed by atoms with E-state index in [9.17, 15) is 4.39 Å². The smallest absolute Gasteiger partial charge is 0.162 e. The molecular formula is C12H7BrFN3. The molecular weight excluding hydrogens is 285 g/mol. The van der Waals surface area contributed by atoms with E-state index < -0.39 is 0 Å². The molecule has 0 amide bonds. The zero-order chi connectivity index (χ0) is 12.4. The summed E-state index contributed by atoms with van der Waals surface area (Å²) in [5, 5.41) is 8.83. The highest BCUT2D eigenvalue weighted by molar-refractivity contribution is 9.10. The van der Waals surface area contributed by atoms with Gasteiger partial charge < -0.3 is 0 Å². The topological polar surface area (TPSA) is 49.6 Å². The molecule has 0 saturated heterocycles. The molecule has 0 aliphatic heterocycles. The van der Waals surface area contributed by atoms with E-state index in [0.29, 0.717) is 27.2 Å². The van der Waals surface area contributed by atoms with Gasteiger partial charge in [-0.25, -0.2) is 14.4 Å². The first-order valence-electron chi connectivity index (χ1n) is 4.81. The van der Waals surface area contributed by atoms with Gasteiger partial charge in [-0.05, 0) is 47.1 Å². The molecule has 0 atom stereocenters. The zero-order valence-electron chi connectivity index (χ0n) is 8.91. The largest absolute Gasteiger partial charge is 0.233 e. The second-order valence-electron chi connectivity index (χ2n) is 3.45. The lowest BCUT2D eigenvalue weighted by Crippen LogP contribution is -1.96. The molecule has 0 saturated carbocycles. The highest BCUT2D eigenvalue weighted by Crippen LogP contribution is 2.26. The second-order valence-corrected chi connectivity index (χ2v) is 4.31. The maximum absolute atomic E-state index is 13.0. The maximum atomic E-state index is 13.0. The van der Waals surface area contributed by atoms with E-state index in [1.807, 2.05) is 6.07 Å². The van der Waals surface area contributed by atoms with Crippen molar-refractivity contribution < 1.29 is 4.39 Å². The van der Waals surface area contributed by atoms with Crippen molar-refractivity contribution >= 4 is 15.9 Å². The van der Waals surface area contributed by atoms with Crippen LogP contribution in [0.25, 0.3) is 11.4 Å². The molecule has 2 rings (SSSR count). The quantitative estimate of drug-likeness (QED) is 0.810. The highest BCUT2D eigenvalue weighted by Gasteiger charge is 2.09. The minimum Gasteiger partial charge on any atom is -0.233 e. The van der Waals surface area contributed by atoms with E-state index in [4.69, 9.17) is 5.26 Å². The van der Waals surface area contributed by atoms with Crippen LogP contribution < -0.4 is 0 Å². The first kappa shape index (κ1) is 11.7. The Morgan fingerprint density at radius 3 is 2.71 bits per heavy atom. The van der Waals surface area contributed by atoms with Crippen molar-refractivity contribution in [3.05, 3.63) is 45.9 Å². The summed E-state index contributed by atoms with van der Waals surface area (Å²) >= 11 is 3.25. The molecule has 0 spiro atoms. The summed E-state index contributed by atoms with van der Waals surface area (Å²) in [5.41, 5.74) is 1.65. The number of rotatable bonds is 1. The van der Waals surface area contributed by atoms with Crippen LogP contribution in [0.3, 0.4) is 0 Å². The predicted octanol–water partition coefficient (Wildman–Crippen LogP) is 3.23. The lowest BCUT2D eigenvalue weighted by Gasteiger charge is -2.04. The van der Waals surface area contributed by atoms with Gasteiger partial charge in [-0.1, -0.05) is 0 Å². The van der Waals surface area contributed by atoms with Crippen molar-refractivity contribution in [2.24, 2.45) is 0 Å². The van der Waals surface area contributed by atoms with Gasteiger partial charge in [0.25, 0.3) is 0 Å². The molecule has 0 bridgehead atoms. The van der Waals surface area contributed by atoms with Gasteiger partial charge in [-0.2, -0.15) is 5.26 Å². The van der Waals surface area contributed by atoms with E-state index in [1.165, 1.54) is 12.1 Å². The molecule has 0 N–H and O–H groups in total. The lowest BCUT2D eigenvalue weighted by atomic mass is 10.2. The molecule has 0 aliphatic carbocycles. The molecule has 17 heavy (non-hydrogen) atoms. The summed E-state index contributed by atoms with van der Waals surface area (Å²) in [6, 6.07) is 7.82. The monoisotopic (exact) mass is 291 g/mol. The minimum absolute atomic E-state index is 0.295. The van der Waals surface area contributed by atoms with Gasteiger partial charge in [0.2, 0.25) is 0 Å². The number of halogens is 2. The Labute approximate surface area is 106 Å². The van der Waals surface area contributed by atoms with Crippen LogP contribution in [0.4, 0.5) is 4.39 Å². The van der Waals surface area contributed by atoms with E-state index in [1.54, 1.807) is 19.1 Å². The summed E-state index contributed by atoms with van der Waals surface area (Å²) in [6.07, 6.45) is 0. The SMILES string of the molecule is Cc1cc(C#N)nc(-c2ccc(F)cc2Br)n1. The normalized spacial score (nSPS) is 10.0. The number of benzene rings is 1. The van der Waals surface area contributed by atoms with Crippen LogP contribution in [0.15, 0.2) is 28.7 Å². The first-order valence-corrected chi connectivity index (χ1v) is 5.60. The Morgan fingerprint density at radius 2 is 2.06 bits per heavy atom. The number of nitriles is 1. The summed E-state index contributed by atoms with van der Waals surface area (Å²) in [5.74, 6) is 0.0715. The molecule has 1 aromatic carbocycles. The molecule has 1 heterocycles. The van der Waals surface area contributed by atoms with Crippen molar-refractivity contribution in [1.82, 2.24) is 9.97 Å². The van der Waals surface area contributed by atoms with Gasteiger partial charge in [-0.15, -0.1) is 0 Å². The number of aryl methyl sites for hydroxylation is 1. The van der Waals surface area contributed by atoms with Crippen molar-refractivity contribution in [3.8, 4) is 17.5 Å². The zero-order valence-corrected chi connectivity index (χ0v) is 10.5. The third kappa shape index (κ3) is 2.48. The van der Waals surface area contributed by atoms with Crippen LogP contribution in [0, 0.1) is 24.1 Å². The minimum atomic E-state index is -0.339. The molecule has 0 aliphatic rings. The van der Waals surface area contributed by atoms with E-state index in [2.05, 4.69) is 25.9 Å². The molecule has 0 unspecified atom stereocenters. The Bertz CT molecular complexity index is 620. The Morgan fingerprint density at radius 1 is 1.29 bits per heavy atom. The third-order valence-corrected chi connectivity index (χ3v) is 2.80. The number of nitrogens with zero attached hydrogens (tertiary/aromatic N) is 3. The van der Waals surface area contributed by atoms with Crippen LogP contribution in [0.5, 0.6) is 0 Å². The highest BCUT2D eigenvalue weighted by atomic mass is 79.9. The van der Waals surface area contributed by atoms with Gasteiger partial charge in [0.1, 0.15) is 17.6 Å². The van der Waals surface area contributed by atoms with Gasteiger partial charge in [0, 0.05) is 15.7 Å². The molecule has 2 aromatic rings. The fraction of sp³-hybridized carbons (Fsp3) is 0.0833. The summed E-state index contributed by atoms with van der Waals surface area (Å²) in [4.78, 5) is 8.32. The fourth-order valence-electron chi connectivity index (χ4n) is 1.42. The molecule has 5 heteroatoms. The number of aromatic nitrogens is 2. The molecule has 0 radical (unpaired) electrons. The Balaban J connectivity index is 2.61. The maximum Gasteiger partial charge on any atom is 0.162 e. The molecule has 1 aromatic heterocycles. The average molecular weight is 292 g/mol. The Kier molecular flexibility index (Phi) is 3.16. The van der Waals surface area contributed by atoms with E-state index >= 15 is 0 Å². The standard InChI is InChI=1S/C12H7BrFN3/c1-7-4-9(6-15)17-12(16-7)10-3-2-8(14)5-11(10)13/h2-5H,1H3. The van der Waals surface area contributed by atoms with Crippen LogP contribution in [-0.2, 0) is 0 Å². The van der Waals surface area contributed by atoms with Gasteiger partial charge >= 0.3 is 0 Å². The summed E-state index contributed by atoms with van der Waals surface area (Å²) < 4.78 is 13.5. The van der Waals surface area contributed by atoms with Gasteiger partial charge in [0.15, 0.2) is 5.82 Å². The van der Waals surface area contributed by atoms with Crippen molar-refractivity contribution in [3.63, 3.8) is 0 Å². The van der Waals surface area contributed by atoms with Gasteiger partial charge in [-0.3, -0.25) is 0 Å². The fourth-order valence-corrected chi connectivity index (χ4v) is 1.95. The van der Waals surface area contributed by atoms with E-state index in [0.717, 1.165) is 0 Å². The van der Waals surface area contributed by atoms with Crippen molar-refractivity contribution in [1.29, 1.82) is 5.26 Å². The van der Waals surface area contributed by atoms with Crippen LogP contribution in [-0.4, -0.2) is 9.97 Å². The summed E-state index contributed by atoms with van der Waals surface area (Å²) in [7, 11) is 0. The molecule has 0 fully saturated rings. The van der Waals surface area contributed by atoms with Crippen molar-refractivity contribution in [2.75, 3.05) is 0 Å². The summed E-state index contributed by atoms with van der Waals surface area (Å²) in [6.45, 7) is 1.78. The first-order chi connectivity index (χ1) is 8.10. The lowest BCUT2D eigenvalue weighted by molar-refractivity contribution is 0.627. The third-order valence-electron chi connectivity index (χ3n) is 2.14. The number of hydrogen-bond donors (Lipinski definition) is 0. The second kappa shape index (κ2) is 4.60. The molecule has 3 nitrogen and oxygen atoms in total. The van der Waals surface area contributed by atoms with Crippen LogP contribution >= 0.6 is 15.9 Å². The molecule has 84 valence electrons. The van der Waals surface area contributed by atoms with Gasteiger partial charge in [0.05, 0.1) is 0 Å². The van der Waals surface area contributed by atoms with Crippen LogP contribution in [0.2, 0.25) is 0 Å². The Hall–Kier alpha value is -1.80. The van der Waals surface area contributed by atoms with E-state index in [-0.39, 0.29) is 5.82 Å². The predicted molar refractivity (Wildman–Crippen MR) is 64.6 cm³/mol. The van der Waals surface area contributed by atoms with Crippen LogP contribution in [0.1, 0.15) is 11.4 Å². The number of hydrogen-bond acceptors (Lipinski definition) is 3.